The summed E-state index contributed by atoms with van der Waals surface area (Å²) in [6.07, 6.45) is 3.49. The Morgan fingerprint density at radius 2 is 1.55 bits per heavy atom. The zero-order chi connectivity index (χ0) is 22.9. The van der Waals surface area contributed by atoms with E-state index >= 15 is 0 Å². The molecule has 6 nitrogen and oxygen atoms in total. The number of barbiturate groups is 1. The highest BCUT2D eigenvalue weighted by atomic mass is 127. The van der Waals surface area contributed by atoms with Gasteiger partial charge < -0.3 is 4.57 Å². The second-order valence-electron chi connectivity index (χ2n) is 7.65. The number of urea groups is 1. The van der Waals surface area contributed by atoms with E-state index in [1.807, 2.05) is 48.7 Å². The largest absolute Gasteiger partial charge is 0.342 e. The topological polar surface area (TPSA) is 71.4 Å². The number of anilines is 1. The minimum absolute atomic E-state index is 0.0873. The van der Waals surface area contributed by atoms with Crippen LogP contribution in [0.2, 0.25) is 0 Å². The summed E-state index contributed by atoms with van der Waals surface area (Å²) >= 11 is 2.15. The SMILES string of the molecule is O=C1NC(=O)N(c2ccc(I)cc2)C(=O)C1=Cc1cn(Cc2ccccc2)c2ccccc12. The molecule has 7 heteroatoms. The van der Waals surface area contributed by atoms with E-state index in [0.29, 0.717) is 12.2 Å². The van der Waals surface area contributed by atoms with Crippen molar-refractivity contribution in [3.05, 3.63) is 105 Å². The zero-order valence-corrected chi connectivity index (χ0v) is 19.5. The Morgan fingerprint density at radius 3 is 2.30 bits per heavy atom. The van der Waals surface area contributed by atoms with Crippen molar-refractivity contribution in [1.29, 1.82) is 0 Å². The van der Waals surface area contributed by atoms with Gasteiger partial charge in [-0.2, -0.15) is 0 Å². The van der Waals surface area contributed by atoms with Gasteiger partial charge in [0, 0.05) is 32.8 Å². The number of amides is 4. The van der Waals surface area contributed by atoms with Crippen LogP contribution in [0.1, 0.15) is 11.1 Å². The molecular weight excluding hydrogens is 529 g/mol. The standard InChI is InChI=1S/C26H18IN3O3/c27-19-10-12-20(13-11-19)30-25(32)22(24(31)28-26(30)33)14-18-16-29(15-17-6-2-1-3-7-17)23-9-5-4-8-21(18)23/h1-14,16H,15H2,(H,28,31,33). The average molecular weight is 547 g/mol. The average Bonchev–Trinajstić information content (AvgIpc) is 3.16. The first-order valence-electron chi connectivity index (χ1n) is 10.3. The number of carbonyl (C=O) groups excluding carboxylic acids is 3. The third-order valence-corrected chi connectivity index (χ3v) is 6.22. The minimum atomic E-state index is -0.755. The summed E-state index contributed by atoms with van der Waals surface area (Å²) in [5, 5.41) is 3.20. The molecule has 0 aliphatic carbocycles. The first kappa shape index (κ1) is 21.1. The fourth-order valence-corrected chi connectivity index (χ4v) is 4.30. The van der Waals surface area contributed by atoms with Crippen LogP contribution >= 0.6 is 22.6 Å². The number of fused-ring (bicyclic) bond motifs is 1. The highest BCUT2D eigenvalue weighted by molar-refractivity contribution is 14.1. The number of nitrogens with zero attached hydrogens (tertiary/aromatic N) is 2. The Labute approximate surface area is 203 Å². The maximum Gasteiger partial charge on any atom is 0.335 e. The van der Waals surface area contributed by atoms with Crippen molar-refractivity contribution >= 4 is 63.1 Å². The fraction of sp³-hybridized carbons (Fsp3) is 0.0385. The first-order chi connectivity index (χ1) is 16.0. The van der Waals surface area contributed by atoms with Crippen LogP contribution in [0.25, 0.3) is 17.0 Å². The molecule has 0 bridgehead atoms. The maximum atomic E-state index is 13.2. The molecule has 0 spiro atoms. The highest BCUT2D eigenvalue weighted by Gasteiger charge is 2.37. The van der Waals surface area contributed by atoms with Gasteiger partial charge in [-0.1, -0.05) is 48.5 Å². The molecule has 162 valence electrons. The molecule has 5 rings (SSSR count). The van der Waals surface area contributed by atoms with Crippen molar-refractivity contribution in [3.63, 3.8) is 0 Å². The molecule has 0 unspecified atom stereocenters. The number of hydrogen-bond donors (Lipinski definition) is 1. The quantitative estimate of drug-likeness (QED) is 0.223. The van der Waals surface area contributed by atoms with Crippen LogP contribution < -0.4 is 10.2 Å². The summed E-state index contributed by atoms with van der Waals surface area (Å²) in [5.41, 5.74) is 3.18. The molecule has 1 N–H and O–H groups in total. The Bertz CT molecular complexity index is 1420. The van der Waals surface area contributed by atoms with Crippen molar-refractivity contribution in [3.8, 4) is 0 Å². The second-order valence-corrected chi connectivity index (χ2v) is 8.89. The van der Waals surface area contributed by atoms with E-state index in [1.165, 1.54) is 0 Å². The molecule has 1 fully saturated rings. The molecule has 0 radical (unpaired) electrons. The molecule has 4 amide bonds. The predicted octanol–water partition coefficient (Wildman–Crippen LogP) is 4.96. The van der Waals surface area contributed by atoms with E-state index in [9.17, 15) is 14.4 Å². The minimum Gasteiger partial charge on any atom is -0.342 e. The van der Waals surface area contributed by atoms with E-state index in [-0.39, 0.29) is 5.57 Å². The normalized spacial score (nSPS) is 15.4. The molecule has 1 aliphatic rings. The van der Waals surface area contributed by atoms with E-state index in [1.54, 1.807) is 30.3 Å². The number of para-hydroxylation sites is 1. The Balaban J connectivity index is 1.57. The second kappa shape index (κ2) is 8.67. The lowest BCUT2D eigenvalue weighted by Gasteiger charge is -2.26. The molecule has 4 aromatic rings. The number of halogens is 1. The third-order valence-electron chi connectivity index (χ3n) is 5.50. The van der Waals surface area contributed by atoms with Crippen LogP contribution in [0.15, 0.2) is 90.6 Å². The molecule has 1 aromatic heterocycles. The van der Waals surface area contributed by atoms with Gasteiger partial charge in [-0.25, -0.2) is 9.69 Å². The maximum absolute atomic E-state index is 13.2. The van der Waals surface area contributed by atoms with Gasteiger partial charge in [0.25, 0.3) is 11.8 Å². The highest BCUT2D eigenvalue weighted by Crippen LogP contribution is 2.27. The zero-order valence-electron chi connectivity index (χ0n) is 17.4. The van der Waals surface area contributed by atoms with Crippen LogP contribution in [0.5, 0.6) is 0 Å². The van der Waals surface area contributed by atoms with Crippen LogP contribution in [-0.2, 0) is 16.1 Å². The lowest BCUT2D eigenvalue weighted by atomic mass is 10.1. The number of aromatic nitrogens is 1. The van der Waals surface area contributed by atoms with E-state index in [2.05, 4.69) is 44.6 Å². The first-order valence-corrected chi connectivity index (χ1v) is 11.4. The van der Waals surface area contributed by atoms with E-state index < -0.39 is 17.8 Å². The molecule has 1 aliphatic heterocycles. The Morgan fingerprint density at radius 1 is 0.848 bits per heavy atom. The van der Waals surface area contributed by atoms with Gasteiger partial charge in [-0.05, 0) is 64.6 Å². The number of imide groups is 2. The van der Waals surface area contributed by atoms with Crippen molar-refractivity contribution in [1.82, 2.24) is 9.88 Å². The molecule has 33 heavy (non-hydrogen) atoms. The number of carbonyl (C=O) groups is 3. The van der Waals surface area contributed by atoms with E-state index in [4.69, 9.17) is 0 Å². The van der Waals surface area contributed by atoms with Gasteiger partial charge in [-0.3, -0.25) is 14.9 Å². The summed E-state index contributed by atoms with van der Waals surface area (Å²) in [4.78, 5) is 39.3. The summed E-state index contributed by atoms with van der Waals surface area (Å²) < 4.78 is 3.06. The van der Waals surface area contributed by atoms with E-state index in [0.717, 1.165) is 30.5 Å². The summed E-state index contributed by atoms with van der Waals surface area (Å²) in [6.45, 7) is 0.651. The fourth-order valence-electron chi connectivity index (χ4n) is 3.94. The summed E-state index contributed by atoms with van der Waals surface area (Å²) in [7, 11) is 0. The van der Waals surface area contributed by atoms with Crippen molar-refractivity contribution in [2.75, 3.05) is 4.90 Å². The molecule has 3 aromatic carbocycles. The molecule has 2 heterocycles. The van der Waals surface area contributed by atoms with Crippen molar-refractivity contribution < 1.29 is 14.4 Å². The number of benzene rings is 3. The molecule has 1 saturated heterocycles. The lowest BCUT2D eigenvalue weighted by Crippen LogP contribution is -2.54. The van der Waals surface area contributed by atoms with Gasteiger partial charge in [-0.15, -0.1) is 0 Å². The van der Waals surface area contributed by atoms with Crippen LogP contribution in [0.4, 0.5) is 10.5 Å². The number of nitrogens with one attached hydrogen (secondary N) is 1. The molecule has 0 atom stereocenters. The molecular formula is C26H18IN3O3. The van der Waals surface area contributed by atoms with Gasteiger partial charge in [0.2, 0.25) is 0 Å². The monoisotopic (exact) mass is 547 g/mol. The summed E-state index contributed by atoms with van der Waals surface area (Å²) in [5.74, 6) is -1.35. The van der Waals surface area contributed by atoms with Crippen molar-refractivity contribution in [2.24, 2.45) is 0 Å². The van der Waals surface area contributed by atoms with Crippen molar-refractivity contribution in [2.45, 2.75) is 6.54 Å². The predicted molar refractivity (Wildman–Crippen MR) is 136 cm³/mol. The Kier molecular flexibility index (Phi) is 5.55. The number of hydrogen-bond acceptors (Lipinski definition) is 3. The Hall–Kier alpha value is -3.72. The van der Waals surface area contributed by atoms with Crippen LogP contribution in [-0.4, -0.2) is 22.4 Å². The number of rotatable bonds is 4. The lowest BCUT2D eigenvalue weighted by molar-refractivity contribution is -0.122. The smallest absolute Gasteiger partial charge is 0.335 e. The third kappa shape index (κ3) is 4.07. The van der Waals surface area contributed by atoms with Gasteiger partial charge in [0.15, 0.2) is 0 Å². The summed E-state index contributed by atoms with van der Waals surface area (Å²) in [6, 6.07) is 24.1. The van der Waals surface area contributed by atoms with Gasteiger partial charge >= 0.3 is 6.03 Å². The molecule has 0 saturated carbocycles. The van der Waals surface area contributed by atoms with Gasteiger partial charge in [0.05, 0.1) is 5.69 Å². The van der Waals surface area contributed by atoms with Crippen LogP contribution in [0.3, 0.4) is 0 Å². The van der Waals surface area contributed by atoms with Crippen LogP contribution in [0, 0.1) is 3.57 Å². The van der Waals surface area contributed by atoms with Gasteiger partial charge in [0.1, 0.15) is 5.57 Å².